The van der Waals surface area contributed by atoms with E-state index < -0.39 is 5.60 Å². The molecule has 0 aromatic rings. The van der Waals surface area contributed by atoms with Gasteiger partial charge in [0.05, 0.1) is 12.9 Å². The predicted octanol–water partition coefficient (Wildman–Crippen LogP) is 2.40. The Bertz CT molecular complexity index is 267. The van der Waals surface area contributed by atoms with Gasteiger partial charge in [0.2, 0.25) is 0 Å². The summed E-state index contributed by atoms with van der Waals surface area (Å²) < 4.78 is 5.27. The van der Waals surface area contributed by atoms with E-state index in [0.29, 0.717) is 5.92 Å². The lowest BCUT2D eigenvalue weighted by Gasteiger charge is -2.33. The van der Waals surface area contributed by atoms with E-state index in [1.54, 1.807) is 6.26 Å². The minimum Gasteiger partial charge on any atom is -0.501 e. The van der Waals surface area contributed by atoms with Crippen LogP contribution in [0.3, 0.4) is 0 Å². The fraction of sp³-hybridized carbons (Fsp3) is 0.667. The zero-order valence-corrected chi connectivity index (χ0v) is 8.70. The largest absolute Gasteiger partial charge is 0.501 e. The Morgan fingerprint density at radius 1 is 1.57 bits per heavy atom. The number of allylic oxidation sites excluding steroid dienone is 1. The third-order valence-corrected chi connectivity index (χ3v) is 3.17. The van der Waals surface area contributed by atoms with E-state index in [9.17, 15) is 5.11 Å². The standard InChI is InChI=1S/C12H18O2/c1-10-4-6-12(13,7-5-10)11-3-2-8-14-9-11/h4,6,9-10,13H,2-3,5,7-8H2,1H3. The van der Waals surface area contributed by atoms with Crippen LogP contribution in [0, 0.1) is 5.92 Å². The van der Waals surface area contributed by atoms with Crippen LogP contribution in [0.2, 0.25) is 0 Å². The van der Waals surface area contributed by atoms with Gasteiger partial charge in [-0.05, 0) is 37.2 Å². The highest BCUT2D eigenvalue weighted by Gasteiger charge is 2.32. The van der Waals surface area contributed by atoms with Crippen molar-refractivity contribution in [3.63, 3.8) is 0 Å². The van der Waals surface area contributed by atoms with Gasteiger partial charge in [-0.15, -0.1) is 0 Å². The first-order chi connectivity index (χ1) is 6.71. The highest BCUT2D eigenvalue weighted by atomic mass is 16.5. The SMILES string of the molecule is CC1C=CC(O)(C2=COCCC2)CC1. The van der Waals surface area contributed by atoms with E-state index in [0.717, 1.165) is 37.9 Å². The van der Waals surface area contributed by atoms with Gasteiger partial charge >= 0.3 is 0 Å². The maximum absolute atomic E-state index is 10.4. The predicted molar refractivity (Wildman–Crippen MR) is 55.8 cm³/mol. The summed E-state index contributed by atoms with van der Waals surface area (Å²) in [6.07, 6.45) is 9.70. The van der Waals surface area contributed by atoms with E-state index in [4.69, 9.17) is 4.74 Å². The lowest BCUT2D eigenvalue weighted by atomic mass is 9.79. The van der Waals surface area contributed by atoms with Crippen LogP contribution in [0.25, 0.3) is 0 Å². The van der Waals surface area contributed by atoms with Crippen LogP contribution < -0.4 is 0 Å². The molecule has 78 valence electrons. The van der Waals surface area contributed by atoms with Crippen molar-refractivity contribution in [1.29, 1.82) is 0 Å². The van der Waals surface area contributed by atoms with Gasteiger partial charge in [0.25, 0.3) is 0 Å². The van der Waals surface area contributed by atoms with Gasteiger partial charge in [-0.2, -0.15) is 0 Å². The quantitative estimate of drug-likeness (QED) is 0.649. The fourth-order valence-corrected chi connectivity index (χ4v) is 2.10. The van der Waals surface area contributed by atoms with Crippen molar-refractivity contribution in [3.8, 4) is 0 Å². The topological polar surface area (TPSA) is 29.5 Å². The molecular formula is C12H18O2. The molecule has 1 aliphatic carbocycles. The number of hydrogen-bond acceptors (Lipinski definition) is 2. The Kier molecular flexibility index (Phi) is 2.64. The summed E-state index contributed by atoms with van der Waals surface area (Å²) in [5.74, 6) is 0.598. The molecule has 2 atom stereocenters. The number of ether oxygens (including phenoxy) is 1. The molecule has 2 rings (SSSR count). The first kappa shape index (κ1) is 9.78. The molecule has 0 fully saturated rings. The van der Waals surface area contributed by atoms with Crippen LogP contribution >= 0.6 is 0 Å². The van der Waals surface area contributed by atoms with E-state index in [2.05, 4.69) is 13.0 Å². The van der Waals surface area contributed by atoms with E-state index >= 15 is 0 Å². The van der Waals surface area contributed by atoms with Gasteiger partial charge in [0.1, 0.15) is 5.60 Å². The summed E-state index contributed by atoms with van der Waals surface area (Å²) in [7, 11) is 0. The minimum atomic E-state index is -0.715. The number of aliphatic hydroxyl groups is 1. The Labute approximate surface area is 85.3 Å². The Morgan fingerprint density at radius 2 is 2.43 bits per heavy atom. The van der Waals surface area contributed by atoms with Crippen LogP contribution in [-0.4, -0.2) is 17.3 Å². The Hall–Kier alpha value is -0.760. The lowest BCUT2D eigenvalue weighted by molar-refractivity contribution is 0.0880. The molecule has 0 bridgehead atoms. The first-order valence-electron chi connectivity index (χ1n) is 5.43. The molecule has 2 unspecified atom stereocenters. The molecule has 0 saturated carbocycles. The van der Waals surface area contributed by atoms with Gasteiger partial charge < -0.3 is 9.84 Å². The van der Waals surface area contributed by atoms with Crippen LogP contribution in [0.4, 0.5) is 0 Å². The average molecular weight is 194 g/mol. The molecule has 0 aromatic carbocycles. The van der Waals surface area contributed by atoms with Gasteiger partial charge in [-0.1, -0.05) is 19.1 Å². The molecule has 14 heavy (non-hydrogen) atoms. The van der Waals surface area contributed by atoms with Crippen molar-refractivity contribution in [1.82, 2.24) is 0 Å². The van der Waals surface area contributed by atoms with Crippen LogP contribution in [0.15, 0.2) is 24.0 Å². The second kappa shape index (κ2) is 3.77. The van der Waals surface area contributed by atoms with Crippen LogP contribution in [-0.2, 0) is 4.74 Å². The highest BCUT2D eigenvalue weighted by Crippen LogP contribution is 2.34. The molecule has 0 amide bonds. The second-order valence-corrected chi connectivity index (χ2v) is 4.42. The fourth-order valence-electron chi connectivity index (χ4n) is 2.10. The average Bonchev–Trinajstić information content (AvgIpc) is 2.24. The third-order valence-electron chi connectivity index (χ3n) is 3.17. The van der Waals surface area contributed by atoms with Crippen molar-refractivity contribution >= 4 is 0 Å². The molecule has 2 heteroatoms. The summed E-state index contributed by atoms with van der Waals surface area (Å²) in [6.45, 7) is 2.97. The maximum Gasteiger partial charge on any atom is 0.107 e. The number of rotatable bonds is 1. The summed E-state index contributed by atoms with van der Waals surface area (Å²) in [4.78, 5) is 0. The summed E-state index contributed by atoms with van der Waals surface area (Å²) in [6, 6.07) is 0. The molecule has 0 radical (unpaired) electrons. The highest BCUT2D eigenvalue weighted by molar-refractivity contribution is 5.26. The molecule has 1 N–H and O–H groups in total. The molecule has 1 aliphatic heterocycles. The second-order valence-electron chi connectivity index (χ2n) is 4.42. The normalized spacial score (nSPS) is 37.6. The molecule has 1 heterocycles. The zero-order valence-electron chi connectivity index (χ0n) is 8.70. The minimum absolute atomic E-state index is 0.598. The molecule has 0 aromatic heterocycles. The Morgan fingerprint density at radius 3 is 3.00 bits per heavy atom. The van der Waals surface area contributed by atoms with E-state index in [-0.39, 0.29) is 0 Å². The van der Waals surface area contributed by atoms with Gasteiger partial charge in [-0.3, -0.25) is 0 Å². The summed E-state index contributed by atoms with van der Waals surface area (Å²) in [5.41, 5.74) is 0.333. The van der Waals surface area contributed by atoms with Crippen molar-refractivity contribution in [2.24, 2.45) is 5.92 Å². The third kappa shape index (κ3) is 1.85. The first-order valence-corrected chi connectivity index (χ1v) is 5.43. The van der Waals surface area contributed by atoms with Gasteiger partial charge in [0.15, 0.2) is 0 Å². The maximum atomic E-state index is 10.4. The summed E-state index contributed by atoms with van der Waals surface area (Å²) in [5, 5.41) is 10.4. The smallest absolute Gasteiger partial charge is 0.107 e. The van der Waals surface area contributed by atoms with Gasteiger partial charge in [0, 0.05) is 0 Å². The molecule has 2 nitrogen and oxygen atoms in total. The van der Waals surface area contributed by atoms with Crippen LogP contribution in [0.1, 0.15) is 32.6 Å². The number of hydrogen-bond donors (Lipinski definition) is 1. The van der Waals surface area contributed by atoms with Crippen molar-refractivity contribution in [2.75, 3.05) is 6.61 Å². The lowest BCUT2D eigenvalue weighted by Crippen LogP contribution is -2.33. The Balaban J connectivity index is 2.15. The zero-order chi connectivity index (χ0) is 10.0. The summed E-state index contributed by atoms with van der Waals surface area (Å²) >= 11 is 0. The molecule has 0 spiro atoms. The molecule has 0 saturated heterocycles. The monoisotopic (exact) mass is 194 g/mol. The van der Waals surface area contributed by atoms with Gasteiger partial charge in [-0.25, -0.2) is 0 Å². The van der Waals surface area contributed by atoms with Crippen molar-refractivity contribution < 1.29 is 9.84 Å². The van der Waals surface area contributed by atoms with Crippen LogP contribution in [0.5, 0.6) is 0 Å². The molecule has 2 aliphatic rings. The van der Waals surface area contributed by atoms with E-state index in [1.807, 2.05) is 6.08 Å². The molecular weight excluding hydrogens is 176 g/mol. The van der Waals surface area contributed by atoms with Crippen molar-refractivity contribution in [3.05, 3.63) is 24.0 Å². The van der Waals surface area contributed by atoms with E-state index in [1.165, 1.54) is 0 Å². The van der Waals surface area contributed by atoms with Crippen molar-refractivity contribution in [2.45, 2.75) is 38.2 Å².